The number of fused-ring (bicyclic) bond motifs is 1. The van der Waals surface area contributed by atoms with Crippen LogP contribution in [-0.4, -0.2) is 53.3 Å². The largest absolute Gasteiger partial charge is 0.494 e. The van der Waals surface area contributed by atoms with Crippen LogP contribution in [0.2, 0.25) is 5.02 Å². The zero-order chi connectivity index (χ0) is 26.3. The first-order chi connectivity index (χ1) is 17.7. The number of methoxy groups -OCH3 is 1. The zero-order valence-electron chi connectivity index (χ0n) is 19.6. The first kappa shape index (κ1) is 25.1. The van der Waals surface area contributed by atoms with Crippen molar-refractivity contribution in [3.05, 3.63) is 64.6 Å². The number of pyridine rings is 1. The molecular formula is C25H22ClF4N5O2. The predicted molar refractivity (Wildman–Crippen MR) is 133 cm³/mol. The van der Waals surface area contributed by atoms with Crippen LogP contribution < -0.4 is 14.5 Å². The molecule has 2 aromatic heterocycles. The van der Waals surface area contributed by atoms with Crippen molar-refractivity contribution >= 4 is 34.4 Å². The van der Waals surface area contributed by atoms with Gasteiger partial charge in [0.1, 0.15) is 5.82 Å². The molecule has 0 atom stereocenters. The summed E-state index contributed by atoms with van der Waals surface area (Å²) < 4.78 is 60.4. The Hall–Kier alpha value is -3.57. The Labute approximate surface area is 214 Å². The molecule has 12 heteroatoms. The third-order valence-corrected chi connectivity index (χ3v) is 6.58. The lowest BCUT2D eigenvalue weighted by Gasteiger charge is -2.35. The minimum absolute atomic E-state index is 0.00634. The van der Waals surface area contributed by atoms with Crippen LogP contribution in [-0.2, 0) is 12.8 Å². The minimum Gasteiger partial charge on any atom is -0.494 e. The van der Waals surface area contributed by atoms with Crippen molar-refractivity contribution in [3.8, 4) is 16.9 Å². The SMILES string of the molecule is COc1ccc(-c2cc(C(F)(F)F)cc3[nH]c(N4CCN(c5ncc(CO)cc5Cl)CC4)nc23)cc1F. The number of hydrogen-bond acceptors (Lipinski definition) is 6. The molecule has 1 saturated heterocycles. The van der Waals surface area contributed by atoms with Crippen LogP contribution in [0.5, 0.6) is 5.75 Å². The number of aliphatic hydroxyl groups is 1. The van der Waals surface area contributed by atoms with E-state index in [1.54, 1.807) is 12.3 Å². The molecule has 2 N–H and O–H groups in total. The molecule has 3 heterocycles. The summed E-state index contributed by atoms with van der Waals surface area (Å²) in [6.07, 6.45) is -3.03. The number of piperazine rings is 1. The molecule has 0 amide bonds. The molecule has 0 bridgehead atoms. The first-order valence-electron chi connectivity index (χ1n) is 11.4. The van der Waals surface area contributed by atoms with E-state index in [1.165, 1.54) is 19.2 Å². The van der Waals surface area contributed by atoms with Crippen molar-refractivity contribution in [2.75, 3.05) is 43.1 Å². The van der Waals surface area contributed by atoms with E-state index in [0.29, 0.717) is 54.0 Å². The van der Waals surface area contributed by atoms with E-state index in [2.05, 4.69) is 15.0 Å². The summed E-state index contributed by atoms with van der Waals surface area (Å²) in [6.45, 7) is 1.96. The van der Waals surface area contributed by atoms with Gasteiger partial charge in [0.2, 0.25) is 5.95 Å². The van der Waals surface area contributed by atoms with Gasteiger partial charge >= 0.3 is 6.18 Å². The molecule has 0 unspecified atom stereocenters. The Morgan fingerprint density at radius 3 is 2.43 bits per heavy atom. The van der Waals surface area contributed by atoms with Crippen molar-refractivity contribution in [1.29, 1.82) is 0 Å². The van der Waals surface area contributed by atoms with Gasteiger partial charge in [-0.05, 0) is 41.5 Å². The Bertz CT molecular complexity index is 1450. The van der Waals surface area contributed by atoms with Crippen molar-refractivity contribution in [2.24, 2.45) is 0 Å². The number of ether oxygens (including phenoxy) is 1. The Morgan fingerprint density at radius 1 is 1.08 bits per heavy atom. The zero-order valence-corrected chi connectivity index (χ0v) is 20.4. The summed E-state index contributed by atoms with van der Waals surface area (Å²) in [5, 5.41) is 9.69. The number of hydrogen-bond donors (Lipinski definition) is 2. The number of benzene rings is 2. The molecule has 7 nitrogen and oxygen atoms in total. The second kappa shape index (κ2) is 9.71. The molecule has 5 rings (SSSR count). The fourth-order valence-corrected chi connectivity index (χ4v) is 4.70. The third-order valence-electron chi connectivity index (χ3n) is 6.30. The van der Waals surface area contributed by atoms with Crippen LogP contribution in [0, 0.1) is 5.82 Å². The maximum atomic E-state index is 14.4. The van der Waals surface area contributed by atoms with Crippen molar-refractivity contribution in [2.45, 2.75) is 12.8 Å². The number of aromatic nitrogens is 3. The van der Waals surface area contributed by atoms with E-state index >= 15 is 0 Å². The number of alkyl halides is 3. The third kappa shape index (κ3) is 4.88. The molecule has 0 radical (unpaired) electrons. The fourth-order valence-electron chi connectivity index (χ4n) is 4.39. The van der Waals surface area contributed by atoms with Gasteiger partial charge in [-0.25, -0.2) is 14.4 Å². The number of imidazole rings is 1. The number of aromatic amines is 1. The molecule has 1 aliphatic heterocycles. The molecule has 2 aromatic carbocycles. The van der Waals surface area contributed by atoms with Gasteiger partial charge in [0, 0.05) is 37.9 Å². The summed E-state index contributed by atoms with van der Waals surface area (Å²) in [6, 6.07) is 7.67. The van der Waals surface area contributed by atoms with Crippen molar-refractivity contribution in [3.63, 3.8) is 0 Å². The number of nitrogens with zero attached hydrogens (tertiary/aromatic N) is 4. The summed E-state index contributed by atoms with van der Waals surface area (Å²) in [7, 11) is 1.31. The normalized spacial score (nSPS) is 14.5. The lowest BCUT2D eigenvalue weighted by molar-refractivity contribution is -0.137. The summed E-state index contributed by atoms with van der Waals surface area (Å²) >= 11 is 6.33. The fraction of sp³-hybridized carbons (Fsp3) is 0.280. The maximum Gasteiger partial charge on any atom is 0.416 e. The molecular weight excluding hydrogens is 514 g/mol. The molecule has 194 valence electrons. The van der Waals surface area contributed by atoms with Crippen molar-refractivity contribution in [1.82, 2.24) is 15.0 Å². The second-order valence-corrected chi connectivity index (χ2v) is 9.02. The van der Waals surface area contributed by atoms with E-state index in [9.17, 15) is 22.7 Å². The standard InChI is InChI=1S/C25H22ClF4N5O2/c1-37-21-3-2-15(9-19(21)27)17-10-16(25(28,29)30)11-20-22(17)33-24(32-20)35-6-4-34(5-7-35)23-18(26)8-14(13-36)12-31-23/h2-3,8-12,36H,4-7,13H2,1H3,(H,32,33). The predicted octanol–water partition coefficient (Wildman–Crippen LogP) is 5.26. The molecule has 37 heavy (non-hydrogen) atoms. The van der Waals surface area contributed by atoms with E-state index < -0.39 is 17.6 Å². The van der Waals surface area contributed by atoms with Crippen LogP contribution in [0.3, 0.4) is 0 Å². The average molecular weight is 536 g/mol. The van der Waals surface area contributed by atoms with Gasteiger partial charge in [0.15, 0.2) is 11.6 Å². The number of halogens is 5. The highest BCUT2D eigenvalue weighted by molar-refractivity contribution is 6.33. The van der Waals surface area contributed by atoms with E-state index in [-0.39, 0.29) is 29.0 Å². The topological polar surface area (TPSA) is 77.5 Å². The smallest absolute Gasteiger partial charge is 0.416 e. The molecule has 0 saturated carbocycles. The minimum atomic E-state index is -4.59. The summed E-state index contributed by atoms with van der Waals surface area (Å²) in [5.41, 5.74) is 0.664. The van der Waals surface area contributed by atoms with Crippen LogP contribution in [0.4, 0.5) is 29.3 Å². The van der Waals surface area contributed by atoms with Gasteiger partial charge in [-0.15, -0.1) is 0 Å². The van der Waals surface area contributed by atoms with Crippen molar-refractivity contribution < 1.29 is 27.4 Å². The van der Waals surface area contributed by atoms with Gasteiger partial charge in [0.25, 0.3) is 0 Å². The quantitative estimate of drug-likeness (QED) is 0.339. The van der Waals surface area contributed by atoms with E-state index in [4.69, 9.17) is 16.3 Å². The van der Waals surface area contributed by atoms with Crippen LogP contribution in [0.15, 0.2) is 42.6 Å². The monoisotopic (exact) mass is 535 g/mol. The number of H-pyrrole nitrogens is 1. The Balaban J connectivity index is 1.46. The highest BCUT2D eigenvalue weighted by Crippen LogP contribution is 2.38. The lowest BCUT2D eigenvalue weighted by atomic mass is 10.0. The highest BCUT2D eigenvalue weighted by Gasteiger charge is 2.32. The van der Waals surface area contributed by atoms with Gasteiger partial charge in [0.05, 0.1) is 35.3 Å². The van der Waals surface area contributed by atoms with Gasteiger partial charge in [-0.3, -0.25) is 0 Å². The molecule has 1 fully saturated rings. The van der Waals surface area contributed by atoms with Crippen LogP contribution in [0.25, 0.3) is 22.2 Å². The Morgan fingerprint density at radius 2 is 1.81 bits per heavy atom. The van der Waals surface area contributed by atoms with E-state index in [1.807, 2.05) is 9.80 Å². The van der Waals surface area contributed by atoms with Crippen LogP contribution in [0.1, 0.15) is 11.1 Å². The summed E-state index contributed by atoms with van der Waals surface area (Å²) in [4.78, 5) is 15.9. The number of anilines is 2. The maximum absolute atomic E-state index is 14.4. The number of rotatable bonds is 5. The molecule has 1 aliphatic rings. The average Bonchev–Trinajstić information content (AvgIpc) is 3.32. The van der Waals surface area contributed by atoms with Gasteiger partial charge in [-0.2, -0.15) is 13.2 Å². The lowest BCUT2D eigenvalue weighted by Crippen LogP contribution is -2.47. The Kier molecular flexibility index (Phi) is 6.59. The number of aliphatic hydroxyl groups excluding tert-OH is 1. The molecule has 0 aliphatic carbocycles. The highest BCUT2D eigenvalue weighted by atomic mass is 35.5. The van der Waals surface area contributed by atoms with Gasteiger partial charge in [-0.1, -0.05) is 17.7 Å². The van der Waals surface area contributed by atoms with Crippen LogP contribution >= 0.6 is 11.6 Å². The van der Waals surface area contributed by atoms with E-state index in [0.717, 1.165) is 18.2 Å². The second-order valence-electron chi connectivity index (χ2n) is 8.61. The number of nitrogens with one attached hydrogen (secondary N) is 1. The van der Waals surface area contributed by atoms with Gasteiger partial charge < -0.3 is 24.6 Å². The first-order valence-corrected chi connectivity index (χ1v) is 11.8. The molecule has 0 spiro atoms. The summed E-state index contributed by atoms with van der Waals surface area (Å²) in [5.74, 6) is 0.325. The molecule has 4 aromatic rings.